The maximum absolute atomic E-state index is 11.7. The monoisotopic (exact) mass is 580 g/mol. The van der Waals surface area contributed by atoms with Gasteiger partial charge in [0, 0.05) is 35.2 Å². The topological polar surface area (TPSA) is 114 Å². The van der Waals surface area contributed by atoms with Crippen molar-refractivity contribution < 1.29 is 17.6 Å². The van der Waals surface area contributed by atoms with Gasteiger partial charge in [-0.3, -0.25) is 0 Å². The molecule has 10 heteroatoms. The highest BCUT2D eigenvalue weighted by atomic mass is 32.2. The van der Waals surface area contributed by atoms with Crippen LogP contribution in [0.3, 0.4) is 0 Å². The molecule has 0 saturated heterocycles. The molecule has 1 aliphatic rings. The van der Waals surface area contributed by atoms with Gasteiger partial charge in [-0.05, 0) is 61.5 Å². The number of fused-ring (bicyclic) bond motifs is 1. The van der Waals surface area contributed by atoms with Gasteiger partial charge >= 0.3 is 0 Å². The van der Waals surface area contributed by atoms with Gasteiger partial charge in [0.15, 0.2) is 18.2 Å². The fourth-order valence-electron chi connectivity index (χ4n) is 4.73. The van der Waals surface area contributed by atoms with Crippen molar-refractivity contribution in [1.29, 1.82) is 5.26 Å². The van der Waals surface area contributed by atoms with Crippen molar-refractivity contribution in [2.45, 2.75) is 89.0 Å². The van der Waals surface area contributed by atoms with E-state index in [1.807, 2.05) is 18.2 Å². The molecule has 0 atom stereocenters. The van der Waals surface area contributed by atoms with Gasteiger partial charge in [0.1, 0.15) is 11.3 Å². The summed E-state index contributed by atoms with van der Waals surface area (Å²) in [6, 6.07) is 13.3. The zero-order valence-corrected chi connectivity index (χ0v) is 26.1. The highest BCUT2D eigenvalue weighted by Gasteiger charge is 2.40. The van der Waals surface area contributed by atoms with Gasteiger partial charge in [-0.1, -0.05) is 45.0 Å². The van der Waals surface area contributed by atoms with E-state index >= 15 is 0 Å². The van der Waals surface area contributed by atoms with Gasteiger partial charge < -0.3 is 14.5 Å². The van der Waals surface area contributed by atoms with Crippen molar-refractivity contribution in [2.24, 2.45) is 0 Å². The average molecular weight is 581 g/mol. The van der Waals surface area contributed by atoms with Gasteiger partial charge in [-0.2, -0.15) is 5.26 Å². The second-order valence-electron chi connectivity index (χ2n) is 12.3. The highest BCUT2D eigenvalue weighted by molar-refractivity contribution is 7.89. The van der Waals surface area contributed by atoms with Crippen molar-refractivity contribution in [3.63, 3.8) is 0 Å². The van der Waals surface area contributed by atoms with Crippen LogP contribution in [0.4, 0.5) is 11.6 Å². The number of nitrogens with zero attached hydrogens (tertiary/aromatic N) is 3. The molecule has 0 aliphatic heterocycles. The molecule has 0 radical (unpaired) electrons. The summed E-state index contributed by atoms with van der Waals surface area (Å²) in [6.07, 6.45) is 7.09. The number of sulfone groups is 1. The number of aromatic nitrogens is 2. The Morgan fingerprint density at radius 3 is 2.45 bits per heavy atom. The second-order valence-corrected chi connectivity index (χ2v) is 19.2. The number of benzene rings is 2. The average Bonchev–Trinajstić information content (AvgIpc) is 2.85. The van der Waals surface area contributed by atoms with Crippen molar-refractivity contribution in [3.8, 4) is 11.8 Å². The van der Waals surface area contributed by atoms with Gasteiger partial charge in [-0.25, -0.2) is 18.4 Å². The van der Waals surface area contributed by atoms with Crippen molar-refractivity contribution in [3.05, 3.63) is 53.7 Å². The number of hydrogen-bond acceptors (Lipinski definition) is 8. The van der Waals surface area contributed by atoms with Crippen molar-refractivity contribution in [2.75, 3.05) is 11.6 Å². The first-order valence-electron chi connectivity index (χ1n) is 13.8. The predicted octanol–water partition coefficient (Wildman–Crippen LogP) is 6.70. The number of nitriles is 1. The van der Waals surface area contributed by atoms with Crippen LogP contribution in [-0.2, 0) is 26.4 Å². The molecular weight excluding hydrogens is 541 g/mol. The minimum absolute atomic E-state index is 0.0151. The van der Waals surface area contributed by atoms with E-state index in [0.29, 0.717) is 28.5 Å². The van der Waals surface area contributed by atoms with E-state index in [1.165, 1.54) is 6.26 Å². The molecule has 1 aromatic heterocycles. The quantitative estimate of drug-likeness (QED) is 0.278. The van der Waals surface area contributed by atoms with Crippen LogP contribution in [0.1, 0.15) is 57.6 Å². The lowest BCUT2D eigenvalue weighted by Crippen LogP contribution is -2.45. The van der Waals surface area contributed by atoms with Crippen LogP contribution in [0.2, 0.25) is 18.1 Å². The summed E-state index contributed by atoms with van der Waals surface area (Å²) in [7, 11) is -4.98. The molecule has 4 rings (SSSR count). The zero-order chi connectivity index (χ0) is 29.1. The number of rotatable bonds is 9. The maximum atomic E-state index is 11.7. The summed E-state index contributed by atoms with van der Waals surface area (Å²) >= 11 is 0. The molecule has 214 valence electrons. The van der Waals surface area contributed by atoms with E-state index in [1.54, 1.807) is 24.4 Å². The fourth-order valence-corrected chi connectivity index (χ4v) is 6.94. The van der Waals surface area contributed by atoms with Crippen LogP contribution in [-0.4, -0.2) is 45.2 Å². The van der Waals surface area contributed by atoms with Crippen LogP contribution in [0.25, 0.3) is 10.9 Å². The molecule has 40 heavy (non-hydrogen) atoms. The van der Waals surface area contributed by atoms with Crippen LogP contribution in [0.15, 0.2) is 42.6 Å². The van der Waals surface area contributed by atoms with Crippen molar-refractivity contribution >= 4 is 40.7 Å². The summed E-state index contributed by atoms with van der Waals surface area (Å²) in [5.74, 6) is 0.957. The number of anilines is 2. The number of hydrogen-bond donors (Lipinski definition) is 1. The lowest BCUT2D eigenvalue weighted by molar-refractivity contribution is 0.0728. The Kier molecular flexibility index (Phi) is 8.88. The summed E-state index contributed by atoms with van der Waals surface area (Å²) in [6.45, 7) is 11.4. The van der Waals surface area contributed by atoms with E-state index in [0.717, 1.165) is 36.6 Å². The number of nitrogens with one attached hydrogen (secondary N) is 1. The Labute approximate surface area is 239 Å². The summed E-state index contributed by atoms with van der Waals surface area (Å²) in [5, 5.41) is 13.7. The van der Waals surface area contributed by atoms with Gasteiger partial charge in [0.25, 0.3) is 0 Å². The first-order valence-corrected chi connectivity index (χ1v) is 18.7. The molecule has 3 aromatic rings. The standard InChI is InChI=1S/C30H40N4O4SSi/c1-30(2,3)40(5,6)38-26-14-12-25(13-15-26)37-28-22(16-17-31)10-11-23-19-32-29(34-27(23)28)33-24-9-7-8-21(18-24)20-39(4,35)36/h7-11,18-19,25-26H,12-16,20H2,1-6H3,(H,32,33,34). The normalized spacial score (nSPS) is 18.3. The lowest BCUT2D eigenvalue weighted by Gasteiger charge is -2.41. The molecule has 8 nitrogen and oxygen atoms in total. The molecule has 1 fully saturated rings. The van der Waals surface area contributed by atoms with Crippen LogP contribution in [0.5, 0.6) is 5.75 Å². The number of ether oxygens (including phenoxy) is 1. The Morgan fingerprint density at radius 1 is 1.10 bits per heavy atom. The molecular formula is C30H40N4O4SSi. The largest absolute Gasteiger partial charge is 0.488 e. The van der Waals surface area contributed by atoms with E-state index in [9.17, 15) is 13.7 Å². The molecule has 1 heterocycles. The van der Waals surface area contributed by atoms with Crippen LogP contribution in [0, 0.1) is 11.3 Å². The SMILES string of the molecule is CC(C)(C)[Si](C)(C)OC1CCC(Oc2c(CC#N)ccc3cnc(Nc4cccc(CS(C)(=O)=O)c4)nc23)CC1. The Morgan fingerprint density at radius 2 is 1.80 bits per heavy atom. The van der Waals surface area contributed by atoms with Gasteiger partial charge in [0.2, 0.25) is 5.95 Å². The van der Waals surface area contributed by atoms with E-state index in [2.05, 4.69) is 50.2 Å². The third-order valence-electron chi connectivity index (χ3n) is 7.84. The third-order valence-corrected chi connectivity index (χ3v) is 13.2. The third kappa shape index (κ3) is 7.59. The highest BCUT2D eigenvalue weighted by Crippen LogP contribution is 2.40. The van der Waals surface area contributed by atoms with Gasteiger partial charge in [-0.15, -0.1) is 0 Å². The summed E-state index contributed by atoms with van der Waals surface area (Å²) in [4.78, 5) is 9.24. The molecule has 0 spiro atoms. The Bertz CT molecular complexity index is 1500. The van der Waals surface area contributed by atoms with E-state index < -0.39 is 18.2 Å². The molecule has 0 amide bonds. The summed E-state index contributed by atoms with van der Waals surface area (Å²) < 4.78 is 36.7. The van der Waals surface area contributed by atoms with Gasteiger partial charge in [0.05, 0.1) is 24.3 Å². The molecule has 1 saturated carbocycles. The molecule has 2 aromatic carbocycles. The Hall–Kier alpha value is -3.00. The Balaban J connectivity index is 1.55. The lowest BCUT2D eigenvalue weighted by atomic mass is 9.95. The van der Waals surface area contributed by atoms with Crippen molar-refractivity contribution in [1.82, 2.24) is 9.97 Å². The molecule has 1 N–H and O–H groups in total. The first kappa shape index (κ1) is 30.0. The minimum atomic E-state index is -3.15. The minimum Gasteiger partial charge on any atom is -0.488 e. The maximum Gasteiger partial charge on any atom is 0.227 e. The van der Waals surface area contributed by atoms with E-state index in [4.69, 9.17) is 14.1 Å². The predicted molar refractivity (Wildman–Crippen MR) is 162 cm³/mol. The van der Waals surface area contributed by atoms with Crippen LogP contribution >= 0.6 is 0 Å². The smallest absolute Gasteiger partial charge is 0.227 e. The first-order chi connectivity index (χ1) is 18.7. The molecule has 1 aliphatic carbocycles. The zero-order valence-electron chi connectivity index (χ0n) is 24.3. The molecule has 0 bridgehead atoms. The van der Waals surface area contributed by atoms with E-state index in [-0.39, 0.29) is 29.4 Å². The molecule has 0 unspecified atom stereocenters. The van der Waals surface area contributed by atoms with Crippen LogP contribution < -0.4 is 10.1 Å². The summed E-state index contributed by atoms with van der Waals surface area (Å²) in [5.41, 5.74) is 2.82. The fraction of sp³-hybridized carbons (Fsp3) is 0.500. The second kappa shape index (κ2) is 11.8.